The summed E-state index contributed by atoms with van der Waals surface area (Å²) in [6, 6.07) is 15.3. The molecule has 1 heterocycles. The lowest BCUT2D eigenvalue weighted by Gasteiger charge is -2.09. The van der Waals surface area contributed by atoms with Crippen LogP contribution in [0.25, 0.3) is 0 Å². The molecule has 0 saturated heterocycles. The number of aromatic nitrogens is 3. The van der Waals surface area contributed by atoms with Gasteiger partial charge in [0.25, 0.3) is 5.69 Å². The average Bonchev–Trinajstić information content (AvgIpc) is 2.63. The minimum absolute atomic E-state index is 0.00283. The molecule has 1 aromatic heterocycles. The van der Waals surface area contributed by atoms with Gasteiger partial charge in [-0.05, 0) is 24.3 Å². The number of nitrogens with two attached hydrogens (primary N) is 1. The van der Waals surface area contributed by atoms with Gasteiger partial charge in [-0.3, -0.25) is 15.5 Å². The van der Waals surface area contributed by atoms with Gasteiger partial charge in [-0.15, -0.1) is 0 Å². The molecule has 0 radical (unpaired) electrons. The van der Waals surface area contributed by atoms with Gasteiger partial charge in [0.15, 0.2) is 0 Å². The lowest BCUT2D eigenvalue weighted by atomic mass is 10.3. The summed E-state index contributed by atoms with van der Waals surface area (Å²) in [5.41, 5.74) is 3.76. The lowest BCUT2D eigenvalue weighted by molar-refractivity contribution is -0.384. The first kappa shape index (κ1) is 16.1. The number of nitrogens with one attached hydrogen (secondary N) is 3. The summed E-state index contributed by atoms with van der Waals surface area (Å²) in [6.45, 7) is 0. The zero-order chi connectivity index (χ0) is 17.6. The molecule has 3 aromatic rings. The van der Waals surface area contributed by atoms with Gasteiger partial charge < -0.3 is 10.6 Å². The molecule has 0 bridgehead atoms. The quantitative estimate of drug-likeness (QED) is 0.303. The molecule has 10 nitrogen and oxygen atoms in total. The number of non-ortho nitro benzene ring substituents is 1. The maximum absolute atomic E-state index is 10.7. The molecule has 0 aliphatic rings. The second-order valence-corrected chi connectivity index (χ2v) is 4.87. The van der Waals surface area contributed by atoms with E-state index in [2.05, 4.69) is 31.0 Å². The minimum Gasteiger partial charge on any atom is -0.324 e. The number of nitro benzene ring substituents is 1. The van der Waals surface area contributed by atoms with Crippen molar-refractivity contribution in [3.63, 3.8) is 0 Å². The van der Waals surface area contributed by atoms with Crippen LogP contribution in [0.4, 0.5) is 34.9 Å². The topological polar surface area (TPSA) is 144 Å². The Morgan fingerprint density at radius 2 is 1.32 bits per heavy atom. The molecule has 3 rings (SSSR count). The minimum atomic E-state index is -0.467. The smallest absolute Gasteiger partial charge is 0.269 e. The van der Waals surface area contributed by atoms with E-state index in [0.29, 0.717) is 11.6 Å². The Bertz CT molecular complexity index is 870. The van der Waals surface area contributed by atoms with Crippen LogP contribution >= 0.6 is 0 Å². The second kappa shape index (κ2) is 7.19. The SMILES string of the molecule is NNc1nc(Nc2ccccc2)nc(Nc2ccc([N+](=O)[O-])cc2)n1. The Labute approximate surface area is 142 Å². The van der Waals surface area contributed by atoms with Crippen LogP contribution < -0.4 is 21.9 Å². The molecule has 0 atom stereocenters. The summed E-state index contributed by atoms with van der Waals surface area (Å²) < 4.78 is 0. The molecule has 0 unspecified atom stereocenters. The average molecular weight is 338 g/mol. The first-order chi connectivity index (χ1) is 12.1. The van der Waals surface area contributed by atoms with E-state index in [1.54, 1.807) is 12.1 Å². The lowest BCUT2D eigenvalue weighted by Crippen LogP contribution is -2.13. The van der Waals surface area contributed by atoms with E-state index in [1.165, 1.54) is 12.1 Å². The molecule has 0 spiro atoms. The highest BCUT2D eigenvalue weighted by molar-refractivity contribution is 5.59. The Hall–Kier alpha value is -3.79. The Morgan fingerprint density at radius 1 is 0.800 bits per heavy atom. The maximum atomic E-state index is 10.7. The maximum Gasteiger partial charge on any atom is 0.269 e. The van der Waals surface area contributed by atoms with Gasteiger partial charge in [0, 0.05) is 23.5 Å². The molecule has 10 heteroatoms. The number of para-hydroxylation sites is 1. The van der Waals surface area contributed by atoms with Crippen LogP contribution in [0.1, 0.15) is 0 Å². The highest BCUT2D eigenvalue weighted by atomic mass is 16.6. The van der Waals surface area contributed by atoms with Crippen molar-refractivity contribution in [1.82, 2.24) is 15.0 Å². The van der Waals surface area contributed by atoms with Crippen molar-refractivity contribution >= 4 is 34.9 Å². The third-order valence-electron chi connectivity index (χ3n) is 3.13. The predicted octanol–water partition coefficient (Wildman–Crippen LogP) is 2.55. The molecule has 0 amide bonds. The van der Waals surface area contributed by atoms with E-state index in [4.69, 9.17) is 5.84 Å². The van der Waals surface area contributed by atoms with E-state index in [0.717, 1.165) is 5.69 Å². The second-order valence-electron chi connectivity index (χ2n) is 4.87. The zero-order valence-electron chi connectivity index (χ0n) is 12.9. The third-order valence-corrected chi connectivity index (χ3v) is 3.13. The van der Waals surface area contributed by atoms with E-state index in [9.17, 15) is 10.1 Å². The Kier molecular flexibility index (Phi) is 4.62. The van der Waals surface area contributed by atoms with Crippen molar-refractivity contribution < 1.29 is 4.92 Å². The number of hydrogen-bond acceptors (Lipinski definition) is 9. The number of hydrazine groups is 1. The van der Waals surface area contributed by atoms with Gasteiger partial charge >= 0.3 is 0 Å². The molecule has 0 fully saturated rings. The van der Waals surface area contributed by atoms with Crippen molar-refractivity contribution in [3.8, 4) is 0 Å². The Balaban J connectivity index is 1.83. The number of rotatable bonds is 6. The van der Waals surface area contributed by atoms with Gasteiger partial charge in [0.05, 0.1) is 4.92 Å². The van der Waals surface area contributed by atoms with E-state index >= 15 is 0 Å². The summed E-state index contributed by atoms with van der Waals surface area (Å²) in [5.74, 6) is 6.08. The van der Waals surface area contributed by atoms with Gasteiger partial charge in [0.1, 0.15) is 0 Å². The summed E-state index contributed by atoms with van der Waals surface area (Å²) in [7, 11) is 0. The van der Waals surface area contributed by atoms with Crippen LogP contribution in [-0.4, -0.2) is 19.9 Å². The monoisotopic (exact) mass is 338 g/mol. The molecule has 126 valence electrons. The molecular weight excluding hydrogens is 324 g/mol. The highest BCUT2D eigenvalue weighted by Gasteiger charge is 2.08. The van der Waals surface area contributed by atoms with Gasteiger partial charge in [-0.25, -0.2) is 5.84 Å². The fourth-order valence-electron chi connectivity index (χ4n) is 2.00. The van der Waals surface area contributed by atoms with Gasteiger partial charge in [-0.1, -0.05) is 18.2 Å². The summed E-state index contributed by atoms with van der Waals surface area (Å²) >= 11 is 0. The predicted molar refractivity (Wildman–Crippen MR) is 93.7 cm³/mol. The van der Waals surface area contributed by atoms with E-state index in [-0.39, 0.29) is 17.6 Å². The molecular formula is C15H14N8O2. The fourth-order valence-corrected chi connectivity index (χ4v) is 2.00. The summed E-state index contributed by atoms with van der Waals surface area (Å²) in [4.78, 5) is 22.7. The number of anilines is 5. The van der Waals surface area contributed by atoms with Crippen LogP contribution in [0.2, 0.25) is 0 Å². The number of nitro groups is 1. The highest BCUT2D eigenvalue weighted by Crippen LogP contribution is 2.20. The van der Waals surface area contributed by atoms with Gasteiger partial charge in [0.2, 0.25) is 17.8 Å². The third kappa shape index (κ3) is 4.14. The first-order valence-corrected chi connectivity index (χ1v) is 7.20. The van der Waals surface area contributed by atoms with Crippen LogP contribution in [0, 0.1) is 10.1 Å². The van der Waals surface area contributed by atoms with E-state index < -0.39 is 4.92 Å². The van der Waals surface area contributed by atoms with Crippen molar-refractivity contribution in [1.29, 1.82) is 0 Å². The van der Waals surface area contributed by atoms with Crippen molar-refractivity contribution in [2.45, 2.75) is 0 Å². The van der Waals surface area contributed by atoms with Gasteiger partial charge in [-0.2, -0.15) is 15.0 Å². The Morgan fingerprint density at radius 3 is 1.84 bits per heavy atom. The van der Waals surface area contributed by atoms with Crippen LogP contribution in [0.3, 0.4) is 0 Å². The standard InChI is InChI=1S/C15H14N8O2/c16-22-15-20-13(17-10-4-2-1-3-5-10)19-14(21-15)18-11-6-8-12(9-7-11)23(24)25/h1-9H,16H2,(H3,17,18,19,20,21,22). The zero-order valence-corrected chi connectivity index (χ0v) is 12.9. The largest absolute Gasteiger partial charge is 0.324 e. The number of nitrogen functional groups attached to an aromatic ring is 1. The molecule has 5 N–H and O–H groups in total. The number of nitrogens with zero attached hydrogens (tertiary/aromatic N) is 4. The molecule has 0 aliphatic heterocycles. The summed E-state index contributed by atoms with van der Waals surface area (Å²) in [6.07, 6.45) is 0. The van der Waals surface area contributed by atoms with Crippen molar-refractivity contribution in [2.75, 3.05) is 16.1 Å². The first-order valence-electron chi connectivity index (χ1n) is 7.20. The summed E-state index contributed by atoms with van der Waals surface area (Å²) in [5, 5.41) is 16.7. The van der Waals surface area contributed by atoms with Crippen molar-refractivity contribution in [2.24, 2.45) is 5.84 Å². The fraction of sp³-hybridized carbons (Fsp3) is 0. The number of benzene rings is 2. The van der Waals surface area contributed by atoms with Crippen LogP contribution in [0.5, 0.6) is 0 Å². The van der Waals surface area contributed by atoms with Crippen molar-refractivity contribution in [3.05, 3.63) is 64.7 Å². The molecule has 0 aliphatic carbocycles. The molecule has 2 aromatic carbocycles. The molecule has 25 heavy (non-hydrogen) atoms. The van der Waals surface area contributed by atoms with Crippen LogP contribution in [0.15, 0.2) is 54.6 Å². The van der Waals surface area contributed by atoms with E-state index in [1.807, 2.05) is 30.3 Å². The number of hydrogen-bond donors (Lipinski definition) is 4. The molecule has 0 saturated carbocycles. The van der Waals surface area contributed by atoms with Crippen LogP contribution in [-0.2, 0) is 0 Å². The normalized spacial score (nSPS) is 10.1.